The molecule has 0 bridgehead atoms. The molecule has 4 nitrogen and oxygen atoms in total. The van der Waals surface area contributed by atoms with E-state index in [9.17, 15) is 9.18 Å². The minimum atomic E-state index is -0.298. The number of ether oxygens (including phenoxy) is 1. The van der Waals surface area contributed by atoms with Crippen LogP contribution in [0, 0.1) is 11.7 Å². The Labute approximate surface area is 167 Å². The normalized spacial score (nSPS) is 11.1. The molecule has 6 heteroatoms. The number of hydrogen-bond donors (Lipinski definition) is 1. The third-order valence-corrected chi connectivity index (χ3v) is 4.48. The lowest BCUT2D eigenvalue weighted by Gasteiger charge is -2.11. The highest BCUT2D eigenvalue weighted by molar-refractivity contribution is 7.13. The van der Waals surface area contributed by atoms with E-state index in [4.69, 9.17) is 4.74 Å². The van der Waals surface area contributed by atoms with Crippen LogP contribution in [0.3, 0.4) is 0 Å². The molecule has 0 saturated heterocycles. The Morgan fingerprint density at radius 2 is 2.07 bits per heavy atom. The molecule has 1 aromatic heterocycles. The monoisotopic (exact) mass is 396 g/mol. The third kappa shape index (κ3) is 5.50. The van der Waals surface area contributed by atoms with E-state index in [0.29, 0.717) is 34.5 Å². The van der Waals surface area contributed by atoms with E-state index < -0.39 is 0 Å². The SMILES string of the molecule is CC(C)COc1cc(C=Cc2ccccc2F)cc(C(=O)Nc2nccs2)c1. The lowest BCUT2D eigenvalue weighted by atomic mass is 10.1. The van der Waals surface area contributed by atoms with E-state index in [1.54, 1.807) is 54.1 Å². The highest BCUT2D eigenvalue weighted by Gasteiger charge is 2.11. The van der Waals surface area contributed by atoms with Crippen molar-refractivity contribution in [3.8, 4) is 5.75 Å². The van der Waals surface area contributed by atoms with Gasteiger partial charge >= 0.3 is 0 Å². The van der Waals surface area contributed by atoms with Crippen LogP contribution >= 0.6 is 11.3 Å². The second-order valence-electron chi connectivity index (χ2n) is 6.64. The van der Waals surface area contributed by atoms with Gasteiger partial charge < -0.3 is 4.74 Å². The molecule has 0 atom stereocenters. The van der Waals surface area contributed by atoms with Crippen molar-refractivity contribution in [1.29, 1.82) is 0 Å². The van der Waals surface area contributed by atoms with Crippen molar-refractivity contribution in [3.63, 3.8) is 0 Å². The smallest absolute Gasteiger partial charge is 0.257 e. The van der Waals surface area contributed by atoms with Crippen molar-refractivity contribution in [1.82, 2.24) is 4.98 Å². The Bertz CT molecular complexity index is 968. The molecular weight excluding hydrogens is 375 g/mol. The Morgan fingerprint density at radius 3 is 2.79 bits per heavy atom. The fourth-order valence-electron chi connectivity index (χ4n) is 2.45. The molecule has 0 saturated carbocycles. The van der Waals surface area contributed by atoms with Crippen LogP contribution < -0.4 is 10.1 Å². The summed E-state index contributed by atoms with van der Waals surface area (Å²) in [6, 6.07) is 11.8. The number of hydrogen-bond acceptors (Lipinski definition) is 4. The van der Waals surface area contributed by atoms with Crippen LogP contribution in [0.2, 0.25) is 0 Å². The van der Waals surface area contributed by atoms with Gasteiger partial charge in [0.25, 0.3) is 5.91 Å². The van der Waals surface area contributed by atoms with Gasteiger partial charge in [-0.15, -0.1) is 11.3 Å². The molecule has 1 amide bonds. The average molecular weight is 396 g/mol. The summed E-state index contributed by atoms with van der Waals surface area (Å²) in [5.41, 5.74) is 1.67. The lowest BCUT2D eigenvalue weighted by molar-refractivity contribution is 0.102. The largest absolute Gasteiger partial charge is 0.493 e. The summed E-state index contributed by atoms with van der Waals surface area (Å²) in [6.45, 7) is 4.64. The van der Waals surface area contributed by atoms with Crippen molar-refractivity contribution >= 4 is 34.5 Å². The van der Waals surface area contributed by atoms with Crippen molar-refractivity contribution in [2.24, 2.45) is 5.92 Å². The van der Waals surface area contributed by atoms with Crippen LogP contribution in [-0.2, 0) is 0 Å². The maximum absolute atomic E-state index is 13.9. The molecule has 3 aromatic rings. The summed E-state index contributed by atoms with van der Waals surface area (Å²) in [5.74, 6) is 0.372. The molecule has 0 aliphatic carbocycles. The van der Waals surface area contributed by atoms with E-state index in [0.717, 1.165) is 5.56 Å². The zero-order valence-electron chi connectivity index (χ0n) is 15.7. The number of benzene rings is 2. The molecular formula is C22H21FN2O2S. The first-order valence-electron chi connectivity index (χ1n) is 8.92. The molecule has 3 rings (SSSR count). The van der Waals surface area contributed by atoms with Crippen LogP contribution in [0.25, 0.3) is 12.2 Å². The number of carbonyl (C=O) groups excluding carboxylic acids is 1. The molecule has 0 unspecified atom stereocenters. The second-order valence-corrected chi connectivity index (χ2v) is 7.54. The number of aromatic nitrogens is 1. The van der Waals surface area contributed by atoms with Gasteiger partial charge in [0.15, 0.2) is 5.13 Å². The molecule has 144 valence electrons. The minimum Gasteiger partial charge on any atom is -0.493 e. The lowest BCUT2D eigenvalue weighted by Crippen LogP contribution is -2.12. The second kappa shape index (κ2) is 9.28. The van der Waals surface area contributed by atoms with Gasteiger partial charge in [-0.2, -0.15) is 0 Å². The highest BCUT2D eigenvalue weighted by atomic mass is 32.1. The number of nitrogens with one attached hydrogen (secondary N) is 1. The minimum absolute atomic E-state index is 0.273. The molecule has 0 aliphatic rings. The molecule has 1 heterocycles. The van der Waals surface area contributed by atoms with Crippen LogP contribution in [0.5, 0.6) is 5.75 Å². The number of nitrogens with zero attached hydrogens (tertiary/aromatic N) is 1. The number of halogens is 1. The van der Waals surface area contributed by atoms with E-state index in [-0.39, 0.29) is 11.7 Å². The molecule has 28 heavy (non-hydrogen) atoms. The van der Waals surface area contributed by atoms with Gasteiger partial charge in [0, 0.05) is 22.7 Å². The van der Waals surface area contributed by atoms with Crippen molar-refractivity contribution in [2.75, 3.05) is 11.9 Å². The number of amides is 1. The van der Waals surface area contributed by atoms with Crippen LogP contribution in [0.15, 0.2) is 54.0 Å². The maximum Gasteiger partial charge on any atom is 0.257 e. The molecule has 2 aromatic carbocycles. The summed E-state index contributed by atoms with van der Waals surface area (Å²) in [5, 5.41) is 5.09. The number of anilines is 1. The van der Waals surface area contributed by atoms with Gasteiger partial charge in [0.05, 0.1) is 6.61 Å². The Kier molecular flexibility index (Phi) is 6.55. The Hall–Kier alpha value is -2.99. The molecule has 0 aliphatic heterocycles. The van der Waals surface area contributed by atoms with Crippen LogP contribution in [0.4, 0.5) is 9.52 Å². The molecule has 1 N–H and O–H groups in total. The summed E-state index contributed by atoms with van der Waals surface area (Å²) in [6.07, 6.45) is 5.07. The first-order valence-corrected chi connectivity index (χ1v) is 9.80. The zero-order chi connectivity index (χ0) is 19.9. The predicted molar refractivity (Wildman–Crippen MR) is 112 cm³/mol. The maximum atomic E-state index is 13.9. The number of thiazole rings is 1. The van der Waals surface area contributed by atoms with Gasteiger partial charge in [0.2, 0.25) is 0 Å². The standard InChI is InChI=1S/C22H21FN2O2S/c1-15(2)14-27-19-12-16(7-8-17-5-3-4-6-20(17)23)11-18(13-19)21(26)25-22-24-9-10-28-22/h3-13,15H,14H2,1-2H3,(H,24,25,26). The Balaban J connectivity index is 1.88. The molecule has 0 radical (unpaired) electrons. The van der Waals surface area contributed by atoms with Gasteiger partial charge in [-0.1, -0.05) is 44.2 Å². The zero-order valence-corrected chi connectivity index (χ0v) is 16.5. The van der Waals surface area contributed by atoms with Crippen LogP contribution in [-0.4, -0.2) is 17.5 Å². The summed E-state index contributed by atoms with van der Waals surface area (Å²) >= 11 is 1.35. The number of carbonyl (C=O) groups is 1. The Morgan fingerprint density at radius 1 is 1.25 bits per heavy atom. The van der Waals surface area contributed by atoms with Gasteiger partial charge in [-0.25, -0.2) is 9.37 Å². The predicted octanol–water partition coefficient (Wildman–Crippen LogP) is 5.74. The fourth-order valence-corrected chi connectivity index (χ4v) is 2.97. The van der Waals surface area contributed by atoms with Crippen LogP contribution in [0.1, 0.15) is 35.3 Å². The van der Waals surface area contributed by atoms with Gasteiger partial charge in [-0.3, -0.25) is 10.1 Å². The summed E-state index contributed by atoms with van der Waals surface area (Å²) < 4.78 is 19.7. The van der Waals surface area contributed by atoms with Crippen molar-refractivity contribution in [2.45, 2.75) is 13.8 Å². The fraction of sp³-hybridized carbons (Fsp3) is 0.182. The van der Waals surface area contributed by atoms with E-state index in [1.165, 1.54) is 17.4 Å². The van der Waals surface area contributed by atoms with Crippen molar-refractivity contribution in [3.05, 3.63) is 76.5 Å². The molecule has 0 spiro atoms. The highest BCUT2D eigenvalue weighted by Crippen LogP contribution is 2.22. The summed E-state index contributed by atoms with van der Waals surface area (Å²) in [7, 11) is 0. The van der Waals surface area contributed by atoms with Gasteiger partial charge in [-0.05, 0) is 35.7 Å². The molecule has 0 fully saturated rings. The van der Waals surface area contributed by atoms with E-state index >= 15 is 0 Å². The summed E-state index contributed by atoms with van der Waals surface area (Å²) in [4.78, 5) is 16.7. The van der Waals surface area contributed by atoms with Crippen molar-refractivity contribution < 1.29 is 13.9 Å². The van der Waals surface area contributed by atoms with E-state index in [2.05, 4.69) is 24.1 Å². The van der Waals surface area contributed by atoms with E-state index in [1.807, 2.05) is 6.07 Å². The van der Waals surface area contributed by atoms with Gasteiger partial charge in [0.1, 0.15) is 11.6 Å². The topological polar surface area (TPSA) is 51.2 Å². The first-order chi connectivity index (χ1) is 13.5. The number of rotatable bonds is 7. The first kappa shape index (κ1) is 19.8. The average Bonchev–Trinajstić information content (AvgIpc) is 3.18. The quantitative estimate of drug-likeness (QED) is 0.518. The third-order valence-electron chi connectivity index (χ3n) is 3.79.